The Labute approximate surface area is 168 Å². The Hall–Kier alpha value is -3.52. The Morgan fingerprint density at radius 1 is 1.17 bits per heavy atom. The van der Waals surface area contributed by atoms with E-state index in [1.807, 2.05) is 46.3 Å². The Morgan fingerprint density at radius 2 is 2.00 bits per heavy atom. The van der Waals surface area contributed by atoms with Crippen molar-refractivity contribution in [2.24, 2.45) is 0 Å². The molecule has 1 aromatic carbocycles. The number of carbonyl (C=O) groups is 1. The molecule has 8 nitrogen and oxygen atoms in total. The molecule has 148 valence electrons. The highest BCUT2D eigenvalue weighted by Gasteiger charge is 2.21. The quantitative estimate of drug-likeness (QED) is 0.490. The number of amides is 1. The number of ether oxygens (including phenoxy) is 1. The molecule has 0 bridgehead atoms. The van der Waals surface area contributed by atoms with Crippen LogP contribution in [0, 0.1) is 6.92 Å². The summed E-state index contributed by atoms with van der Waals surface area (Å²) in [4.78, 5) is 21.5. The first-order valence-electron chi connectivity index (χ1n) is 9.39. The van der Waals surface area contributed by atoms with Crippen LogP contribution in [0.5, 0.6) is 0 Å². The van der Waals surface area contributed by atoms with Gasteiger partial charge >= 0.3 is 0 Å². The van der Waals surface area contributed by atoms with E-state index in [0.717, 1.165) is 17.8 Å². The summed E-state index contributed by atoms with van der Waals surface area (Å²) in [6.45, 7) is 3.15. The molecular formula is C21H22N6O2. The van der Waals surface area contributed by atoms with E-state index < -0.39 is 0 Å². The van der Waals surface area contributed by atoms with Crippen LogP contribution >= 0.6 is 0 Å². The van der Waals surface area contributed by atoms with Crippen molar-refractivity contribution in [2.75, 3.05) is 20.3 Å². The zero-order valence-corrected chi connectivity index (χ0v) is 16.4. The van der Waals surface area contributed by atoms with Gasteiger partial charge in [0.15, 0.2) is 11.5 Å². The fourth-order valence-electron chi connectivity index (χ4n) is 3.15. The highest BCUT2D eigenvalue weighted by Crippen LogP contribution is 2.24. The summed E-state index contributed by atoms with van der Waals surface area (Å²) in [6.07, 6.45) is 7.57. The molecular weight excluding hydrogens is 368 g/mol. The van der Waals surface area contributed by atoms with Gasteiger partial charge in [0, 0.05) is 32.7 Å². The first-order chi connectivity index (χ1) is 14.2. The smallest absolute Gasteiger partial charge is 0.272 e. The van der Waals surface area contributed by atoms with E-state index >= 15 is 0 Å². The number of imidazole rings is 1. The van der Waals surface area contributed by atoms with Gasteiger partial charge in [-0.3, -0.25) is 14.2 Å². The van der Waals surface area contributed by atoms with Crippen molar-refractivity contribution in [1.29, 1.82) is 0 Å². The van der Waals surface area contributed by atoms with E-state index in [9.17, 15) is 4.79 Å². The second-order valence-corrected chi connectivity index (χ2v) is 6.68. The molecule has 0 fully saturated rings. The average Bonchev–Trinajstić information content (AvgIpc) is 3.36. The zero-order chi connectivity index (χ0) is 20.2. The van der Waals surface area contributed by atoms with E-state index in [-0.39, 0.29) is 5.91 Å². The average molecular weight is 390 g/mol. The predicted molar refractivity (Wildman–Crippen MR) is 109 cm³/mol. The molecule has 4 aromatic rings. The number of hydrogen-bond acceptors (Lipinski definition) is 5. The van der Waals surface area contributed by atoms with E-state index in [1.165, 1.54) is 5.56 Å². The number of aryl methyl sites for hydroxylation is 1. The minimum absolute atomic E-state index is 0.237. The van der Waals surface area contributed by atoms with Crippen LogP contribution in [0.4, 0.5) is 0 Å². The first kappa shape index (κ1) is 18.8. The van der Waals surface area contributed by atoms with Crippen molar-refractivity contribution in [3.63, 3.8) is 0 Å². The van der Waals surface area contributed by atoms with E-state index in [1.54, 1.807) is 31.9 Å². The van der Waals surface area contributed by atoms with E-state index in [2.05, 4.69) is 20.4 Å². The number of methoxy groups -OCH3 is 1. The number of fused-ring (bicyclic) bond motifs is 1. The SMILES string of the molecule is COCCCNC(=O)c1nc(-c2ccnn2-c2ccc(C)cc2)n2ccncc12. The molecule has 3 aromatic heterocycles. The van der Waals surface area contributed by atoms with Gasteiger partial charge in [-0.15, -0.1) is 0 Å². The Bertz CT molecular complexity index is 1130. The van der Waals surface area contributed by atoms with Crippen molar-refractivity contribution in [3.8, 4) is 17.2 Å². The number of carbonyl (C=O) groups excluding carboxylic acids is 1. The van der Waals surface area contributed by atoms with Crippen molar-refractivity contribution < 1.29 is 9.53 Å². The van der Waals surface area contributed by atoms with Crippen LogP contribution in [-0.2, 0) is 4.74 Å². The van der Waals surface area contributed by atoms with Crippen LogP contribution in [0.1, 0.15) is 22.5 Å². The fourth-order valence-corrected chi connectivity index (χ4v) is 3.15. The largest absolute Gasteiger partial charge is 0.385 e. The Balaban J connectivity index is 1.74. The van der Waals surface area contributed by atoms with Gasteiger partial charge in [-0.1, -0.05) is 17.7 Å². The fraction of sp³-hybridized carbons (Fsp3) is 0.238. The zero-order valence-electron chi connectivity index (χ0n) is 16.4. The van der Waals surface area contributed by atoms with Gasteiger partial charge in [-0.05, 0) is 31.5 Å². The third-order valence-electron chi connectivity index (χ3n) is 4.62. The molecule has 0 aliphatic rings. The van der Waals surface area contributed by atoms with Gasteiger partial charge < -0.3 is 10.1 Å². The summed E-state index contributed by atoms with van der Waals surface area (Å²) in [5, 5.41) is 7.35. The number of nitrogens with zero attached hydrogens (tertiary/aromatic N) is 5. The van der Waals surface area contributed by atoms with Gasteiger partial charge in [-0.25, -0.2) is 9.67 Å². The summed E-state index contributed by atoms with van der Waals surface area (Å²) in [5.41, 5.74) is 3.86. The summed E-state index contributed by atoms with van der Waals surface area (Å²) in [7, 11) is 1.64. The van der Waals surface area contributed by atoms with Gasteiger partial charge in [-0.2, -0.15) is 5.10 Å². The highest BCUT2D eigenvalue weighted by atomic mass is 16.5. The molecule has 0 radical (unpaired) electrons. The number of hydrogen-bond donors (Lipinski definition) is 1. The Kier molecular flexibility index (Phi) is 5.35. The molecule has 0 saturated heterocycles. The standard InChI is InChI=1S/C21H22N6O2/c1-15-4-6-16(7-5-15)27-17(8-10-24-27)20-25-19(18-14-22-11-12-26(18)20)21(28)23-9-3-13-29-2/h4-8,10-12,14H,3,9,13H2,1-2H3,(H,23,28). The second kappa shape index (κ2) is 8.24. The Morgan fingerprint density at radius 3 is 2.79 bits per heavy atom. The van der Waals surface area contributed by atoms with Crippen molar-refractivity contribution in [3.05, 3.63) is 66.4 Å². The van der Waals surface area contributed by atoms with Crippen molar-refractivity contribution in [1.82, 2.24) is 29.5 Å². The molecule has 29 heavy (non-hydrogen) atoms. The summed E-state index contributed by atoms with van der Waals surface area (Å²) >= 11 is 0. The maximum Gasteiger partial charge on any atom is 0.272 e. The van der Waals surface area contributed by atoms with E-state index in [0.29, 0.717) is 30.2 Å². The molecule has 0 spiro atoms. The maximum atomic E-state index is 12.7. The number of rotatable bonds is 7. The molecule has 0 saturated carbocycles. The normalized spacial score (nSPS) is 11.1. The molecule has 3 heterocycles. The van der Waals surface area contributed by atoms with Crippen molar-refractivity contribution >= 4 is 11.4 Å². The minimum atomic E-state index is -0.237. The minimum Gasteiger partial charge on any atom is -0.385 e. The molecule has 4 rings (SSSR count). The number of nitrogens with one attached hydrogen (secondary N) is 1. The summed E-state index contributed by atoms with van der Waals surface area (Å²) in [5.74, 6) is 0.391. The predicted octanol–water partition coefficient (Wildman–Crippen LogP) is 2.66. The molecule has 1 N–H and O–H groups in total. The van der Waals surface area contributed by atoms with Crippen LogP contribution < -0.4 is 5.32 Å². The lowest BCUT2D eigenvalue weighted by molar-refractivity contribution is 0.0946. The maximum absolute atomic E-state index is 12.7. The van der Waals surface area contributed by atoms with Crippen LogP contribution in [0.2, 0.25) is 0 Å². The molecule has 0 aliphatic carbocycles. The monoisotopic (exact) mass is 390 g/mol. The highest BCUT2D eigenvalue weighted by molar-refractivity contribution is 5.99. The lowest BCUT2D eigenvalue weighted by Gasteiger charge is -2.07. The van der Waals surface area contributed by atoms with Crippen LogP contribution in [-0.4, -0.2) is 50.3 Å². The molecule has 0 aliphatic heterocycles. The van der Waals surface area contributed by atoms with E-state index in [4.69, 9.17) is 4.74 Å². The van der Waals surface area contributed by atoms with Crippen LogP contribution in [0.25, 0.3) is 22.7 Å². The summed E-state index contributed by atoms with van der Waals surface area (Å²) in [6, 6.07) is 9.97. The topological polar surface area (TPSA) is 86.3 Å². The number of benzene rings is 1. The van der Waals surface area contributed by atoms with Gasteiger partial charge in [0.05, 0.1) is 23.6 Å². The van der Waals surface area contributed by atoms with Crippen molar-refractivity contribution in [2.45, 2.75) is 13.3 Å². The lowest BCUT2D eigenvalue weighted by atomic mass is 10.2. The molecule has 0 unspecified atom stereocenters. The molecule has 0 atom stereocenters. The molecule has 1 amide bonds. The van der Waals surface area contributed by atoms with Crippen LogP contribution in [0.3, 0.4) is 0 Å². The number of aromatic nitrogens is 5. The second-order valence-electron chi connectivity index (χ2n) is 6.68. The summed E-state index contributed by atoms with van der Waals surface area (Å²) < 4.78 is 8.70. The van der Waals surface area contributed by atoms with Gasteiger partial charge in [0.25, 0.3) is 5.91 Å². The lowest BCUT2D eigenvalue weighted by Crippen LogP contribution is -2.25. The van der Waals surface area contributed by atoms with Gasteiger partial charge in [0.1, 0.15) is 5.69 Å². The van der Waals surface area contributed by atoms with Gasteiger partial charge in [0.2, 0.25) is 0 Å². The molecule has 8 heteroatoms. The third kappa shape index (κ3) is 3.74. The first-order valence-corrected chi connectivity index (χ1v) is 9.39. The third-order valence-corrected chi connectivity index (χ3v) is 4.62. The van der Waals surface area contributed by atoms with Crippen LogP contribution in [0.15, 0.2) is 55.1 Å².